The van der Waals surface area contributed by atoms with Gasteiger partial charge in [0.15, 0.2) is 0 Å². The van der Waals surface area contributed by atoms with Gasteiger partial charge in [-0.2, -0.15) is 9.36 Å². The first-order valence-electron chi connectivity index (χ1n) is 9.16. The molecule has 2 heterocycles. The zero-order valence-corrected chi connectivity index (χ0v) is 17.6. The van der Waals surface area contributed by atoms with E-state index in [2.05, 4.69) is 38.4 Å². The number of benzene rings is 2. The molecule has 0 aliphatic carbocycles. The lowest BCUT2D eigenvalue weighted by Gasteiger charge is -2.13. The van der Waals surface area contributed by atoms with Gasteiger partial charge in [-0.25, -0.2) is 4.79 Å². The zero-order chi connectivity index (χ0) is 20.4. The monoisotopic (exact) mass is 455 g/mol. The van der Waals surface area contributed by atoms with E-state index in [9.17, 15) is 4.79 Å². The maximum Gasteiger partial charge on any atom is 0.368 e. The number of aryl methyl sites for hydroxylation is 2. The lowest BCUT2D eigenvalue weighted by molar-refractivity contribution is -0.655. The molecule has 29 heavy (non-hydrogen) atoms. The number of aromatic amines is 1. The van der Waals surface area contributed by atoms with E-state index in [-0.39, 0.29) is 5.69 Å². The van der Waals surface area contributed by atoms with Gasteiger partial charge >= 0.3 is 5.69 Å². The van der Waals surface area contributed by atoms with Crippen LogP contribution in [0.4, 0.5) is 0 Å². The summed E-state index contributed by atoms with van der Waals surface area (Å²) in [4.78, 5) is 12.3. The Balaban J connectivity index is 1.61. The minimum absolute atomic E-state index is 0.295. The second kappa shape index (κ2) is 8.04. The van der Waals surface area contributed by atoms with E-state index in [1.807, 2.05) is 59.4 Å². The van der Waals surface area contributed by atoms with Crippen LogP contribution < -0.4 is 15.1 Å². The van der Waals surface area contributed by atoms with Crippen molar-refractivity contribution in [1.82, 2.24) is 24.9 Å². The third kappa shape index (κ3) is 3.86. The van der Waals surface area contributed by atoms with Crippen molar-refractivity contribution in [3.63, 3.8) is 0 Å². The van der Waals surface area contributed by atoms with Crippen LogP contribution in [-0.4, -0.2) is 24.9 Å². The number of tetrazole rings is 1. The maximum absolute atomic E-state index is 12.3. The average Bonchev–Trinajstić information content (AvgIpc) is 3.34. The van der Waals surface area contributed by atoms with Gasteiger partial charge in [0.1, 0.15) is 6.61 Å². The molecule has 0 spiro atoms. The van der Waals surface area contributed by atoms with E-state index < -0.39 is 0 Å². The number of aromatic nitrogens is 6. The van der Waals surface area contributed by atoms with Crippen LogP contribution in [-0.2, 0) is 20.1 Å². The summed E-state index contributed by atoms with van der Waals surface area (Å²) in [5, 5.41) is 11.0. The van der Waals surface area contributed by atoms with Gasteiger partial charge < -0.3 is 4.74 Å². The highest BCUT2D eigenvalue weighted by atomic mass is 79.9. The number of hydrogen-bond donors (Lipinski definition) is 1. The molecule has 1 N–H and O–H groups in total. The third-order valence-electron chi connectivity index (χ3n) is 4.66. The first-order chi connectivity index (χ1) is 14.1. The molecule has 0 amide bonds. The number of nitrogens with zero attached hydrogens (tertiary/aromatic N) is 5. The Bertz CT molecular complexity index is 1190. The molecular formula is C20H20BrN6O2+. The van der Waals surface area contributed by atoms with Crippen molar-refractivity contribution in [2.75, 3.05) is 0 Å². The van der Waals surface area contributed by atoms with Gasteiger partial charge in [0.25, 0.3) is 0 Å². The molecule has 0 aliphatic heterocycles. The molecule has 8 nitrogen and oxygen atoms in total. The Hall–Kier alpha value is -3.20. The maximum atomic E-state index is 12.3. The number of H-pyrrole nitrogens is 1. The predicted octanol–water partition coefficient (Wildman–Crippen LogP) is 2.47. The Kier molecular flexibility index (Phi) is 5.30. The molecule has 2 aromatic carbocycles. The Morgan fingerprint density at radius 3 is 2.62 bits per heavy atom. The van der Waals surface area contributed by atoms with Crippen molar-refractivity contribution in [1.29, 1.82) is 0 Å². The minimum atomic E-state index is -0.299. The van der Waals surface area contributed by atoms with Crippen molar-refractivity contribution in [3.8, 4) is 17.3 Å². The van der Waals surface area contributed by atoms with Crippen molar-refractivity contribution in [2.45, 2.75) is 20.0 Å². The number of ether oxygens (including phenoxy) is 1. The minimum Gasteiger partial charge on any atom is -0.471 e. The van der Waals surface area contributed by atoms with E-state index >= 15 is 0 Å². The topological polar surface area (TPSA) is 81.6 Å². The molecule has 0 fully saturated rings. The number of nitrogens with one attached hydrogen (secondary N) is 1. The van der Waals surface area contributed by atoms with Gasteiger partial charge in [-0.1, -0.05) is 39.7 Å². The molecule has 0 bridgehead atoms. The molecule has 148 valence electrons. The van der Waals surface area contributed by atoms with E-state index in [4.69, 9.17) is 4.74 Å². The smallest absolute Gasteiger partial charge is 0.368 e. The molecule has 0 saturated heterocycles. The lowest BCUT2D eigenvalue weighted by Crippen LogP contribution is -2.31. The van der Waals surface area contributed by atoms with Gasteiger partial charge in [0.05, 0.1) is 11.8 Å². The SMILES string of the molecule is CCc1cccc(-n2nnn(C)c2=O)c1COc1cc[n+](-c2ccc(Br)cc2)[nH]1. The molecule has 4 rings (SSSR count). The summed E-state index contributed by atoms with van der Waals surface area (Å²) in [6.45, 7) is 2.36. The molecule has 2 aromatic heterocycles. The fourth-order valence-corrected chi connectivity index (χ4v) is 3.36. The van der Waals surface area contributed by atoms with Gasteiger partial charge in [-0.05, 0) is 40.6 Å². The first kappa shape index (κ1) is 19.1. The fraction of sp³-hybridized carbons (Fsp3) is 0.200. The highest BCUT2D eigenvalue weighted by molar-refractivity contribution is 9.10. The van der Waals surface area contributed by atoms with E-state index in [1.54, 1.807) is 7.05 Å². The van der Waals surface area contributed by atoms with Crippen LogP contribution in [0.25, 0.3) is 11.4 Å². The summed E-state index contributed by atoms with van der Waals surface area (Å²) in [5.41, 5.74) is 3.36. The van der Waals surface area contributed by atoms with Gasteiger partial charge in [-0.3, -0.25) is 0 Å². The molecule has 0 unspecified atom stereocenters. The third-order valence-corrected chi connectivity index (χ3v) is 5.19. The second-order valence-corrected chi connectivity index (χ2v) is 7.41. The summed E-state index contributed by atoms with van der Waals surface area (Å²) in [6, 6.07) is 15.6. The fourth-order valence-electron chi connectivity index (χ4n) is 3.10. The van der Waals surface area contributed by atoms with Crippen molar-refractivity contribution in [2.24, 2.45) is 7.05 Å². The molecular weight excluding hydrogens is 436 g/mol. The van der Waals surface area contributed by atoms with E-state index in [0.717, 1.165) is 27.7 Å². The molecule has 0 atom stereocenters. The van der Waals surface area contributed by atoms with E-state index in [1.165, 1.54) is 9.36 Å². The molecule has 0 radical (unpaired) electrons. The quantitative estimate of drug-likeness (QED) is 0.452. The normalized spacial score (nSPS) is 11.0. The second-order valence-electron chi connectivity index (χ2n) is 6.49. The lowest BCUT2D eigenvalue weighted by atomic mass is 10.0. The summed E-state index contributed by atoms with van der Waals surface area (Å²) >= 11 is 3.44. The predicted molar refractivity (Wildman–Crippen MR) is 110 cm³/mol. The van der Waals surface area contributed by atoms with Crippen molar-refractivity contribution in [3.05, 3.63) is 80.8 Å². The van der Waals surface area contributed by atoms with Crippen LogP contribution in [0.5, 0.6) is 5.88 Å². The number of halogens is 1. The van der Waals surface area contributed by atoms with Crippen LogP contribution in [0.2, 0.25) is 0 Å². The van der Waals surface area contributed by atoms with Crippen LogP contribution in [0.1, 0.15) is 18.1 Å². The standard InChI is InChI=1S/C20H19BrN6O2/c1-3-14-5-4-6-18(27-20(28)25(2)23-24-27)17(14)13-29-19-11-12-26(22-19)16-9-7-15(21)8-10-16/h4-12H,3,13H2,1-2H3/p+1. The Labute approximate surface area is 175 Å². The summed E-state index contributed by atoms with van der Waals surface area (Å²) in [5.74, 6) is 0.622. The van der Waals surface area contributed by atoms with Gasteiger partial charge in [0.2, 0.25) is 17.8 Å². The summed E-state index contributed by atoms with van der Waals surface area (Å²) < 4.78 is 11.4. The molecule has 0 aliphatic rings. The Morgan fingerprint density at radius 2 is 1.93 bits per heavy atom. The largest absolute Gasteiger partial charge is 0.471 e. The van der Waals surface area contributed by atoms with Gasteiger partial charge in [-0.15, -0.1) is 5.10 Å². The summed E-state index contributed by atoms with van der Waals surface area (Å²) in [6.07, 6.45) is 2.71. The highest BCUT2D eigenvalue weighted by Gasteiger charge is 2.16. The highest BCUT2D eigenvalue weighted by Crippen LogP contribution is 2.20. The van der Waals surface area contributed by atoms with Gasteiger partial charge in [0, 0.05) is 29.2 Å². The van der Waals surface area contributed by atoms with Crippen molar-refractivity contribution >= 4 is 15.9 Å². The molecule has 0 saturated carbocycles. The van der Waals surface area contributed by atoms with Crippen LogP contribution in [0, 0.1) is 0 Å². The molecule has 9 heteroatoms. The van der Waals surface area contributed by atoms with Crippen LogP contribution >= 0.6 is 15.9 Å². The average molecular weight is 456 g/mol. The summed E-state index contributed by atoms with van der Waals surface area (Å²) in [7, 11) is 1.57. The first-order valence-corrected chi connectivity index (χ1v) is 9.95. The molecule has 4 aromatic rings. The van der Waals surface area contributed by atoms with Crippen molar-refractivity contribution < 1.29 is 9.42 Å². The number of rotatable bonds is 6. The van der Waals surface area contributed by atoms with Crippen LogP contribution in [0.15, 0.2) is 64.0 Å². The van der Waals surface area contributed by atoms with Crippen LogP contribution in [0.3, 0.4) is 0 Å². The zero-order valence-electron chi connectivity index (χ0n) is 16.0. The van der Waals surface area contributed by atoms with E-state index in [0.29, 0.717) is 18.2 Å². The number of hydrogen-bond acceptors (Lipinski definition) is 4. The Morgan fingerprint density at radius 1 is 1.14 bits per heavy atom.